The molecule has 0 aliphatic heterocycles. The molecule has 0 aromatic rings. The molecule has 0 amide bonds. The Kier molecular flexibility index (Phi) is 35.5. The Labute approximate surface area is 378 Å². The lowest BCUT2D eigenvalue weighted by atomic mass is 10.3. The van der Waals surface area contributed by atoms with Crippen molar-refractivity contribution in [2.75, 3.05) is 130 Å². The van der Waals surface area contributed by atoms with Crippen molar-refractivity contribution in [3.8, 4) is 0 Å². The van der Waals surface area contributed by atoms with Crippen LogP contribution in [0.2, 0.25) is 18.1 Å². The van der Waals surface area contributed by atoms with Crippen LogP contribution in [-0.2, 0) is 78.0 Å². The predicted molar refractivity (Wildman–Crippen MR) is 237 cm³/mol. The summed E-state index contributed by atoms with van der Waals surface area (Å²) in [6.45, 7) is 12.0. The lowest BCUT2D eigenvalue weighted by Gasteiger charge is -2.28. The second-order valence-electron chi connectivity index (χ2n) is 14.3. The summed E-state index contributed by atoms with van der Waals surface area (Å²) < 4.78 is 68.7. The number of ether oxygens (including phenoxy) is 4. The average molecular weight is 963 g/mol. The maximum atomic E-state index is 12.3. The zero-order valence-corrected chi connectivity index (χ0v) is 42.8. The van der Waals surface area contributed by atoms with Crippen LogP contribution >= 0.6 is 0 Å². The molecule has 0 aliphatic rings. The first-order valence-electron chi connectivity index (χ1n) is 20.5. The Morgan fingerprint density at radius 2 is 0.762 bits per heavy atom. The van der Waals surface area contributed by atoms with Crippen LogP contribution in [-0.4, -0.2) is 213 Å². The molecule has 0 bridgehead atoms. The molecule has 370 valence electrons. The molecule has 0 aromatic heterocycles. The lowest BCUT2D eigenvalue weighted by molar-refractivity contribution is -0.152. The summed E-state index contributed by atoms with van der Waals surface area (Å²) in [5, 5.41) is 19.5. The van der Waals surface area contributed by atoms with E-state index in [1.165, 1.54) is 13.8 Å². The zero-order valence-electron chi connectivity index (χ0n) is 39.8. The smallest absolute Gasteiger partial charge is 0.463 e. The summed E-state index contributed by atoms with van der Waals surface area (Å²) in [5.41, 5.74) is 0.464. The van der Waals surface area contributed by atoms with E-state index in [2.05, 4.69) is 18.1 Å². The van der Waals surface area contributed by atoms with E-state index < -0.39 is 62.5 Å². The Balaban J connectivity index is 0. The molecular weight excluding hydrogens is 885 g/mol. The van der Waals surface area contributed by atoms with E-state index in [4.69, 9.17) is 58.8 Å². The minimum atomic E-state index is -2.70. The number of esters is 4. The van der Waals surface area contributed by atoms with E-state index in [1.54, 1.807) is 64.0 Å². The number of hydrogen-bond donors (Lipinski definition) is 2. The second-order valence-corrected chi connectivity index (χ2v) is 23.5. The molecule has 0 fully saturated rings. The molecule has 0 radical (unpaired) electrons. The van der Waals surface area contributed by atoms with Gasteiger partial charge in [0, 0.05) is 106 Å². The van der Waals surface area contributed by atoms with Gasteiger partial charge in [-0.1, -0.05) is 13.2 Å². The molecule has 0 rings (SSSR count). The molecule has 21 nitrogen and oxygen atoms in total. The number of carbonyl (C=O) groups excluding carboxylic acids is 4. The first-order valence-corrected chi connectivity index (χ1v) is 26.2. The number of carbonyl (C=O) groups is 4. The van der Waals surface area contributed by atoms with Gasteiger partial charge in [0.2, 0.25) is 0 Å². The van der Waals surface area contributed by atoms with Gasteiger partial charge >= 0.3 is 50.3 Å². The Bertz CT molecular complexity index is 1250. The van der Waals surface area contributed by atoms with E-state index >= 15 is 0 Å². The Hall–Kier alpha value is -2.51. The van der Waals surface area contributed by atoms with Crippen molar-refractivity contribution in [2.24, 2.45) is 0 Å². The highest BCUT2D eigenvalue weighted by molar-refractivity contribution is 6.61. The van der Waals surface area contributed by atoms with Crippen molar-refractivity contribution in [2.45, 2.75) is 76.3 Å². The molecular formula is C39H78N2O19Si3. The molecule has 2 unspecified atom stereocenters. The van der Waals surface area contributed by atoms with Crippen LogP contribution in [0.1, 0.15) is 46.0 Å². The van der Waals surface area contributed by atoms with Crippen LogP contribution in [0.3, 0.4) is 0 Å². The van der Waals surface area contributed by atoms with Crippen LogP contribution in [0.4, 0.5) is 0 Å². The fraction of sp³-hybridized carbons (Fsp3) is 0.795. The average Bonchev–Trinajstić information content (AvgIpc) is 3.28. The van der Waals surface area contributed by atoms with Gasteiger partial charge in [-0.3, -0.25) is 9.59 Å². The molecule has 2 N–H and O–H groups in total. The third-order valence-electron chi connectivity index (χ3n) is 9.45. The third-order valence-corrected chi connectivity index (χ3v) is 17.9. The first kappa shape index (κ1) is 62.6. The van der Waals surface area contributed by atoms with Crippen LogP contribution < -0.4 is 0 Å². The number of aliphatic hydroxyl groups excluding tert-OH is 2. The SMILES string of the molecule is C=C(C)C(=O)OCC(O)COC(=O)CCN(C)CCC[Si](OC)(OC)OC.C=C(C)C(=O)OCC(O)COC(=O)CCN(CCC[Si](OC)(OC)OC)CCC[Si](OC)(OC)OC. The van der Waals surface area contributed by atoms with E-state index in [1.807, 2.05) is 11.9 Å². The van der Waals surface area contributed by atoms with Gasteiger partial charge < -0.3 is 78.8 Å². The molecule has 0 saturated heterocycles. The third kappa shape index (κ3) is 28.2. The van der Waals surface area contributed by atoms with Gasteiger partial charge in [0.1, 0.15) is 38.6 Å². The summed E-state index contributed by atoms with van der Waals surface area (Å²) in [6, 6.07) is 1.93. The highest BCUT2D eigenvalue weighted by atomic mass is 28.4. The number of nitrogens with zero attached hydrogens (tertiary/aromatic N) is 2. The Morgan fingerprint density at radius 3 is 1.06 bits per heavy atom. The summed E-state index contributed by atoms with van der Waals surface area (Å²) >= 11 is 0. The molecule has 0 saturated carbocycles. The molecule has 63 heavy (non-hydrogen) atoms. The van der Waals surface area contributed by atoms with Crippen molar-refractivity contribution in [3.63, 3.8) is 0 Å². The molecule has 0 aliphatic carbocycles. The quantitative estimate of drug-likeness (QED) is 0.0391. The fourth-order valence-electron chi connectivity index (χ4n) is 5.46. The highest BCUT2D eigenvalue weighted by Gasteiger charge is 2.39. The van der Waals surface area contributed by atoms with Crippen LogP contribution in [0.15, 0.2) is 24.3 Å². The van der Waals surface area contributed by atoms with Gasteiger partial charge in [-0.15, -0.1) is 0 Å². The summed E-state index contributed by atoms with van der Waals surface area (Å²) in [4.78, 5) is 50.7. The topological polar surface area (TPSA) is 235 Å². The van der Waals surface area contributed by atoms with Gasteiger partial charge in [-0.25, -0.2) is 9.59 Å². The van der Waals surface area contributed by atoms with Gasteiger partial charge in [0.25, 0.3) is 0 Å². The monoisotopic (exact) mass is 962 g/mol. The van der Waals surface area contributed by atoms with E-state index in [9.17, 15) is 29.4 Å². The number of hydrogen-bond acceptors (Lipinski definition) is 21. The first-order chi connectivity index (χ1) is 29.7. The highest BCUT2D eigenvalue weighted by Crippen LogP contribution is 2.19. The maximum absolute atomic E-state index is 12.3. The van der Waals surface area contributed by atoms with Crippen molar-refractivity contribution >= 4 is 50.3 Å². The lowest BCUT2D eigenvalue weighted by Crippen LogP contribution is -2.44. The normalized spacial score (nSPS) is 12.9. The van der Waals surface area contributed by atoms with Crippen molar-refractivity contribution < 1.29 is 88.2 Å². The molecule has 24 heteroatoms. The van der Waals surface area contributed by atoms with Gasteiger partial charge in [-0.05, 0) is 59.8 Å². The second kappa shape index (κ2) is 35.7. The standard InChI is InChI=1S/C22H45NO11Si2.C17H33NO8Si/c1-19(2)22(26)34-18-20(24)17-33-21(25)11-14-23(12-9-15-35(27-3,28-4)29-5)13-10-16-36(30-6,31-7)32-8;1-14(2)17(21)26-13-15(19)12-25-16(20)8-10-18(3)9-7-11-27(22-4,23-5)24-6/h20,24H,1,9-18H2,2-8H3;15,19H,1,7-13H2,2-6H3. The van der Waals surface area contributed by atoms with Gasteiger partial charge in [0.05, 0.1) is 12.8 Å². The zero-order chi connectivity index (χ0) is 48.5. The predicted octanol–water partition coefficient (Wildman–Crippen LogP) is 1.84. The van der Waals surface area contributed by atoms with Crippen molar-refractivity contribution in [3.05, 3.63) is 24.3 Å². The van der Waals surface area contributed by atoms with Crippen molar-refractivity contribution in [1.29, 1.82) is 0 Å². The maximum Gasteiger partial charge on any atom is 0.500 e. The molecule has 0 aromatic carbocycles. The summed E-state index contributed by atoms with van der Waals surface area (Å²) in [6.07, 6.45) is 0.428. The van der Waals surface area contributed by atoms with Crippen LogP contribution in [0.25, 0.3) is 0 Å². The van der Waals surface area contributed by atoms with E-state index in [0.29, 0.717) is 44.3 Å². The van der Waals surface area contributed by atoms with Crippen molar-refractivity contribution in [1.82, 2.24) is 9.80 Å². The molecule has 0 spiro atoms. The molecule has 0 heterocycles. The fourth-order valence-corrected chi connectivity index (χ4v) is 10.6. The summed E-state index contributed by atoms with van der Waals surface area (Å²) in [7, 11) is 8.12. The Morgan fingerprint density at radius 1 is 0.476 bits per heavy atom. The van der Waals surface area contributed by atoms with Gasteiger partial charge in [0.15, 0.2) is 0 Å². The van der Waals surface area contributed by atoms with E-state index in [0.717, 1.165) is 25.8 Å². The van der Waals surface area contributed by atoms with Gasteiger partial charge in [-0.2, -0.15) is 0 Å². The summed E-state index contributed by atoms with van der Waals surface area (Å²) in [5.74, 6) is -2.10. The number of rotatable bonds is 37. The minimum absolute atomic E-state index is 0.126. The van der Waals surface area contributed by atoms with Crippen LogP contribution in [0.5, 0.6) is 0 Å². The number of aliphatic hydroxyl groups is 2. The largest absolute Gasteiger partial charge is 0.500 e. The van der Waals surface area contributed by atoms with E-state index in [-0.39, 0.29) is 50.4 Å². The minimum Gasteiger partial charge on any atom is -0.463 e. The molecule has 2 atom stereocenters. The van der Waals surface area contributed by atoms with Crippen LogP contribution in [0, 0.1) is 0 Å².